The van der Waals surface area contributed by atoms with Crippen LogP contribution in [0.2, 0.25) is 0 Å². The predicted octanol–water partition coefficient (Wildman–Crippen LogP) is 1.91. The largest absolute Gasteiger partial charge is 0.376 e. The molecule has 1 aromatic heterocycles. The van der Waals surface area contributed by atoms with Crippen molar-refractivity contribution in [3.05, 3.63) is 53.9 Å². The average molecular weight is 343 g/mol. The Morgan fingerprint density at radius 2 is 2.29 bits per heavy atom. The molecule has 126 valence electrons. The molecule has 0 aliphatic carbocycles. The van der Waals surface area contributed by atoms with Crippen molar-refractivity contribution in [2.75, 3.05) is 13.2 Å². The Kier molecular flexibility index (Phi) is 5.92. The lowest BCUT2D eigenvalue weighted by Gasteiger charge is -2.11. The van der Waals surface area contributed by atoms with Crippen LogP contribution in [-0.4, -0.2) is 40.4 Å². The molecule has 2 heterocycles. The van der Waals surface area contributed by atoms with Crippen LogP contribution in [0.4, 0.5) is 0 Å². The van der Waals surface area contributed by atoms with Gasteiger partial charge in [-0.2, -0.15) is 10.2 Å². The van der Waals surface area contributed by atoms with Crippen LogP contribution in [0.3, 0.4) is 0 Å². The Morgan fingerprint density at radius 3 is 3.08 bits per heavy atom. The third-order valence-corrected chi connectivity index (χ3v) is 3.97. The summed E-state index contributed by atoms with van der Waals surface area (Å²) in [7, 11) is 0. The van der Waals surface area contributed by atoms with E-state index in [-0.39, 0.29) is 6.10 Å². The minimum absolute atomic E-state index is 0.255. The highest BCUT2D eigenvalue weighted by atomic mass is 32.1. The second kappa shape index (κ2) is 8.56. The van der Waals surface area contributed by atoms with Crippen LogP contribution in [-0.2, 0) is 11.3 Å². The SMILES string of the molecule is S=C(NC[C@@H]1CCCO1)N/N=C\c1cnn(Cc2ccccc2)c1. The quantitative estimate of drug-likeness (QED) is 0.477. The molecule has 0 saturated carbocycles. The third kappa shape index (κ3) is 5.14. The van der Waals surface area contributed by atoms with Gasteiger partial charge in [-0.05, 0) is 30.6 Å². The van der Waals surface area contributed by atoms with E-state index in [0.29, 0.717) is 5.11 Å². The minimum Gasteiger partial charge on any atom is -0.376 e. The molecular formula is C17H21N5OS. The van der Waals surface area contributed by atoms with Gasteiger partial charge in [0.15, 0.2) is 5.11 Å². The maximum absolute atomic E-state index is 5.53. The van der Waals surface area contributed by atoms with Gasteiger partial charge in [0.2, 0.25) is 0 Å². The molecule has 3 rings (SSSR count). The number of aromatic nitrogens is 2. The van der Waals surface area contributed by atoms with E-state index in [1.807, 2.05) is 29.1 Å². The second-order valence-corrected chi connectivity index (χ2v) is 6.08. The number of benzene rings is 1. The van der Waals surface area contributed by atoms with Crippen LogP contribution in [0.5, 0.6) is 0 Å². The highest BCUT2D eigenvalue weighted by Gasteiger charge is 2.14. The third-order valence-electron chi connectivity index (χ3n) is 3.73. The normalized spacial score (nSPS) is 17.2. The number of rotatable bonds is 6. The van der Waals surface area contributed by atoms with Gasteiger partial charge in [0.05, 0.1) is 25.1 Å². The molecule has 0 spiro atoms. The van der Waals surface area contributed by atoms with E-state index in [9.17, 15) is 0 Å². The molecule has 7 heteroatoms. The van der Waals surface area contributed by atoms with Crippen molar-refractivity contribution in [2.45, 2.75) is 25.5 Å². The van der Waals surface area contributed by atoms with Gasteiger partial charge in [0.25, 0.3) is 0 Å². The van der Waals surface area contributed by atoms with Gasteiger partial charge < -0.3 is 10.1 Å². The van der Waals surface area contributed by atoms with Gasteiger partial charge in [-0.15, -0.1) is 0 Å². The van der Waals surface area contributed by atoms with E-state index < -0.39 is 0 Å². The van der Waals surface area contributed by atoms with Crippen LogP contribution in [0, 0.1) is 0 Å². The molecule has 24 heavy (non-hydrogen) atoms. The van der Waals surface area contributed by atoms with Crippen LogP contribution in [0.25, 0.3) is 0 Å². The van der Waals surface area contributed by atoms with Crippen LogP contribution in [0.1, 0.15) is 24.0 Å². The Morgan fingerprint density at radius 1 is 1.42 bits per heavy atom. The van der Waals surface area contributed by atoms with E-state index >= 15 is 0 Å². The highest BCUT2D eigenvalue weighted by Crippen LogP contribution is 2.10. The summed E-state index contributed by atoms with van der Waals surface area (Å²) in [5.74, 6) is 0. The number of hydrogen-bond acceptors (Lipinski definition) is 4. The van der Waals surface area contributed by atoms with Crippen molar-refractivity contribution in [1.29, 1.82) is 0 Å². The first-order valence-electron chi connectivity index (χ1n) is 8.04. The molecule has 1 saturated heterocycles. The number of ether oxygens (including phenoxy) is 1. The number of nitrogens with zero attached hydrogens (tertiary/aromatic N) is 3. The summed E-state index contributed by atoms with van der Waals surface area (Å²) >= 11 is 5.18. The molecule has 1 atom stereocenters. The molecule has 1 aliphatic heterocycles. The summed E-state index contributed by atoms with van der Waals surface area (Å²) in [6.07, 6.45) is 7.88. The first-order valence-corrected chi connectivity index (χ1v) is 8.45. The monoisotopic (exact) mass is 343 g/mol. The number of nitrogens with one attached hydrogen (secondary N) is 2. The molecule has 0 unspecified atom stereocenters. The van der Waals surface area contributed by atoms with Crippen molar-refractivity contribution in [2.24, 2.45) is 5.10 Å². The van der Waals surface area contributed by atoms with Crippen LogP contribution < -0.4 is 10.7 Å². The minimum atomic E-state index is 0.255. The first kappa shape index (κ1) is 16.6. The molecule has 6 nitrogen and oxygen atoms in total. The number of thiocarbonyl (C=S) groups is 1. The summed E-state index contributed by atoms with van der Waals surface area (Å²) in [4.78, 5) is 0. The fourth-order valence-corrected chi connectivity index (χ4v) is 2.66. The van der Waals surface area contributed by atoms with Crippen LogP contribution >= 0.6 is 12.2 Å². The van der Waals surface area contributed by atoms with E-state index in [1.165, 1.54) is 5.56 Å². The maximum atomic E-state index is 5.53. The van der Waals surface area contributed by atoms with Gasteiger partial charge in [-0.1, -0.05) is 30.3 Å². The lowest BCUT2D eigenvalue weighted by Crippen LogP contribution is -2.37. The second-order valence-electron chi connectivity index (χ2n) is 5.67. The zero-order chi connectivity index (χ0) is 16.6. The van der Waals surface area contributed by atoms with Gasteiger partial charge in [-0.3, -0.25) is 10.1 Å². The summed E-state index contributed by atoms with van der Waals surface area (Å²) in [6.45, 7) is 2.30. The Labute approximate surface area is 146 Å². The topological polar surface area (TPSA) is 63.5 Å². The van der Waals surface area contributed by atoms with E-state index in [2.05, 4.69) is 33.1 Å². The molecule has 1 aliphatic rings. The molecule has 0 bridgehead atoms. The van der Waals surface area contributed by atoms with Gasteiger partial charge >= 0.3 is 0 Å². The molecule has 2 aromatic rings. The molecule has 0 radical (unpaired) electrons. The Hall–Kier alpha value is -2.25. The van der Waals surface area contributed by atoms with Gasteiger partial charge in [0, 0.05) is 24.9 Å². The smallest absolute Gasteiger partial charge is 0.187 e. The number of hydrazone groups is 1. The van der Waals surface area contributed by atoms with Crippen LogP contribution in [0.15, 0.2) is 47.8 Å². The Balaban J connectivity index is 1.42. The Bertz CT molecular complexity index is 679. The van der Waals surface area contributed by atoms with Crippen molar-refractivity contribution >= 4 is 23.5 Å². The zero-order valence-electron chi connectivity index (χ0n) is 13.4. The molecule has 2 N–H and O–H groups in total. The lowest BCUT2D eigenvalue weighted by molar-refractivity contribution is 0.114. The summed E-state index contributed by atoms with van der Waals surface area (Å²) in [5, 5.41) is 12.1. The lowest BCUT2D eigenvalue weighted by atomic mass is 10.2. The van der Waals surface area contributed by atoms with E-state index in [4.69, 9.17) is 17.0 Å². The number of hydrogen-bond donors (Lipinski definition) is 2. The maximum Gasteiger partial charge on any atom is 0.187 e. The molecular weight excluding hydrogens is 322 g/mol. The van der Waals surface area contributed by atoms with E-state index in [1.54, 1.807) is 12.4 Å². The van der Waals surface area contributed by atoms with Gasteiger partial charge in [0.1, 0.15) is 0 Å². The zero-order valence-corrected chi connectivity index (χ0v) is 14.2. The van der Waals surface area contributed by atoms with E-state index in [0.717, 1.165) is 38.1 Å². The predicted molar refractivity (Wildman–Crippen MR) is 98.1 cm³/mol. The summed E-state index contributed by atoms with van der Waals surface area (Å²) in [6, 6.07) is 10.2. The molecule has 1 aromatic carbocycles. The highest BCUT2D eigenvalue weighted by molar-refractivity contribution is 7.80. The first-order chi connectivity index (χ1) is 11.8. The fourth-order valence-electron chi connectivity index (χ4n) is 2.52. The van der Waals surface area contributed by atoms with Crippen molar-refractivity contribution in [3.63, 3.8) is 0 Å². The summed E-state index contributed by atoms with van der Waals surface area (Å²) in [5.41, 5.74) is 4.94. The van der Waals surface area contributed by atoms with Gasteiger partial charge in [-0.25, -0.2) is 0 Å². The average Bonchev–Trinajstić information content (AvgIpc) is 3.26. The standard InChI is InChI=1S/C17H21N5OS/c24-17(18-11-16-7-4-8-23-16)21-19-9-15-10-20-22(13-15)12-14-5-2-1-3-6-14/h1-3,5-6,9-10,13,16H,4,7-8,11-12H2,(H2,18,21,24)/b19-9-/t16-/m0/s1. The molecule has 0 amide bonds. The fraction of sp³-hybridized carbons (Fsp3) is 0.353. The summed E-state index contributed by atoms with van der Waals surface area (Å²) < 4.78 is 7.41. The van der Waals surface area contributed by atoms with Crippen molar-refractivity contribution in [3.8, 4) is 0 Å². The van der Waals surface area contributed by atoms with Crippen molar-refractivity contribution in [1.82, 2.24) is 20.5 Å². The van der Waals surface area contributed by atoms with Crippen molar-refractivity contribution < 1.29 is 4.74 Å². The molecule has 1 fully saturated rings.